The Kier molecular flexibility index (Phi) is 6.23. The largest absolute Gasteiger partial charge is 0.299 e. The number of aryl methyl sites for hydroxylation is 2. The van der Waals surface area contributed by atoms with Crippen LogP contribution in [0.4, 0.5) is 0 Å². The molecule has 0 spiro atoms. The monoisotopic (exact) mass is 338 g/mol. The predicted octanol–water partition coefficient (Wildman–Crippen LogP) is 3.09. The first-order valence-corrected chi connectivity index (χ1v) is 10.1. The molecule has 1 saturated heterocycles. The number of nitrogens with one attached hydrogen (secondary N) is 1. The van der Waals surface area contributed by atoms with Crippen molar-refractivity contribution in [1.82, 2.24) is 9.62 Å². The van der Waals surface area contributed by atoms with Gasteiger partial charge in [-0.25, -0.2) is 13.1 Å². The van der Waals surface area contributed by atoms with E-state index in [9.17, 15) is 8.42 Å². The maximum absolute atomic E-state index is 12.6. The molecule has 0 aliphatic carbocycles. The van der Waals surface area contributed by atoms with Gasteiger partial charge < -0.3 is 0 Å². The van der Waals surface area contributed by atoms with Crippen molar-refractivity contribution in [2.45, 2.75) is 57.9 Å². The van der Waals surface area contributed by atoms with Crippen LogP contribution in [0.25, 0.3) is 0 Å². The van der Waals surface area contributed by atoms with E-state index in [0.29, 0.717) is 17.4 Å². The highest BCUT2D eigenvalue weighted by Crippen LogP contribution is 2.19. The molecule has 4 nitrogen and oxygen atoms in total. The van der Waals surface area contributed by atoms with Gasteiger partial charge in [0, 0.05) is 12.6 Å². The van der Waals surface area contributed by atoms with E-state index in [1.807, 2.05) is 19.9 Å². The number of hydrogen-bond acceptors (Lipinski definition) is 3. The molecular formula is C18H30N2O2S. The summed E-state index contributed by atoms with van der Waals surface area (Å²) in [5.41, 5.74) is 2.11. The van der Waals surface area contributed by atoms with Crippen molar-refractivity contribution in [2.24, 2.45) is 5.92 Å². The van der Waals surface area contributed by atoms with Gasteiger partial charge in [-0.2, -0.15) is 0 Å². The Hall–Kier alpha value is -0.910. The third-order valence-electron chi connectivity index (χ3n) is 4.90. The molecule has 1 aliphatic heterocycles. The molecule has 2 rings (SSSR count). The number of benzene rings is 1. The van der Waals surface area contributed by atoms with Crippen molar-refractivity contribution < 1.29 is 8.42 Å². The summed E-state index contributed by atoms with van der Waals surface area (Å²) in [4.78, 5) is 2.80. The Bertz CT molecular complexity index is 620. The number of piperidine rings is 1. The molecule has 130 valence electrons. The molecule has 1 heterocycles. The summed E-state index contributed by atoms with van der Waals surface area (Å²) in [5, 5.41) is 0. The molecule has 23 heavy (non-hydrogen) atoms. The highest BCUT2D eigenvalue weighted by Gasteiger charge is 2.25. The lowest BCUT2D eigenvalue weighted by Gasteiger charge is -2.37. The molecule has 0 amide bonds. The first-order chi connectivity index (χ1) is 10.8. The Balaban J connectivity index is 2.07. The molecule has 1 aromatic carbocycles. The molecule has 0 saturated carbocycles. The first kappa shape index (κ1) is 18.4. The van der Waals surface area contributed by atoms with Gasteiger partial charge in [-0.15, -0.1) is 0 Å². The number of nitrogens with zero attached hydrogens (tertiary/aromatic N) is 1. The lowest BCUT2D eigenvalue weighted by molar-refractivity contribution is 0.130. The van der Waals surface area contributed by atoms with Crippen LogP contribution in [0.1, 0.15) is 44.2 Å². The smallest absolute Gasteiger partial charge is 0.240 e. The van der Waals surface area contributed by atoms with E-state index in [0.717, 1.165) is 24.2 Å². The second kappa shape index (κ2) is 7.77. The second-order valence-electron chi connectivity index (χ2n) is 7.01. The molecular weight excluding hydrogens is 308 g/mol. The number of sulfonamides is 1. The highest BCUT2D eigenvalue weighted by molar-refractivity contribution is 7.89. The Morgan fingerprint density at radius 1 is 1.09 bits per heavy atom. The normalized spacial score (nSPS) is 18.3. The summed E-state index contributed by atoms with van der Waals surface area (Å²) >= 11 is 0. The van der Waals surface area contributed by atoms with Gasteiger partial charge in [-0.1, -0.05) is 26.3 Å². The number of rotatable bonds is 6. The average molecular weight is 339 g/mol. The standard InChI is InChI=1S/C18H30N2O2S/c1-14(2)18(20-10-6-5-7-11-20)13-19-23(21,22)17-9-8-15(3)16(4)12-17/h8-9,12,14,18-19H,5-7,10-11,13H2,1-4H3. The zero-order valence-electron chi connectivity index (χ0n) is 14.8. The fraction of sp³-hybridized carbons (Fsp3) is 0.667. The van der Waals surface area contributed by atoms with Crippen LogP contribution in [0.3, 0.4) is 0 Å². The molecule has 1 aliphatic rings. The van der Waals surface area contributed by atoms with E-state index < -0.39 is 10.0 Å². The SMILES string of the molecule is Cc1ccc(S(=O)(=O)NCC(C(C)C)N2CCCCC2)cc1C. The molecule has 1 N–H and O–H groups in total. The van der Waals surface area contributed by atoms with Crippen LogP contribution in [0, 0.1) is 19.8 Å². The maximum Gasteiger partial charge on any atom is 0.240 e. The van der Waals surface area contributed by atoms with Gasteiger partial charge in [-0.05, 0) is 69.0 Å². The van der Waals surface area contributed by atoms with E-state index in [2.05, 4.69) is 23.5 Å². The zero-order valence-corrected chi connectivity index (χ0v) is 15.6. The molecule has 0 bridgehead atoms. The summed E-state index contributed by atoms with van der Waals surface area (Å²) in [6, 6.07) is 5.57. The Morgan fingerprint density at radius 2 is 1.74 bits per heavy atom. The molecule has 1 aromatic rings. The quantitative estimate of drug-likeness (QED) is 0.867. The highest BCUT2D eigenvalue weighted by atomic mass is 32.2. The predicted molar refractivity (Wildman–Crippen MR) is 95.2 cm³/mol. The minimum atomic E-state index is -3.44. The minimum absolute atomic E-state index is 0.261. The summed E-state index contributed by atoms with van der Waals surface area (Å²) < 4.78 is 28.0. The third kappa shape index (κ3) is 4.78. The van der Waals surface area contributed by atoms with Gasteiger partial charge in [-0.3, -0.25) is 4.90 Å². The van der Waals surface area contributed by atoms with Gasteiger partial charge in [0.25, 0.3) is 0 Å². The van der Waals surface area contributed by atoms with Crippen LogP contribution in [0.15, 0.2) is 23.1 Å². The van der Waals surface area contributed by atoms with Crippen molar-refractivity contribution in [3.63, 3.8) is 0 Å². The fourth-order valence-electron chi connectivity index (χ4n) is 3.20. The van der Waals surface area contributed by atoms with Gasteiger partial charge in [0.05, 0.1) is 4.90 Å². The van der Waals surface area contributed by atoms with E-state index in [-0.39, 0.29) is 6.04 Å². The molecule has 5 heteroatoms. The summed E-state index contributed by atoms with van der Waals surface area (Å²) in [5.74, 6) is 0.426. The third-order valence-corrected chi connectivity index (χ3v) is 6.32. The van der Waals surface area contributed by atoms with Crippen molar-refractivity contribution in [3.8, 4) is 0 Å². The fourth-order valence-corrected chi connectivity index (χ4v) is 4.33. The van der Waals surface area contributed by atoms with Crippen molar-refractivity contribution >= 4 is 10.0 Å². The number of likely N-dealkylation sites (tertiary alicyclic amines) is 1. The van der Waals surface area contributed by atoms with Crippen molar-refractivity contribution in [2.75, 3.05) is 19.6 Å². The molecule has 0 radical (unpaired) electrons. The number of hydrogen-bond donors (Lipinski definition) is 1. The first-order valence-electron chi connectivity index (χ1n) is 8.62. The molecule has 0 aromatic heterocycles. The van der Waals surface area contributed by atoms with E-state index >= 15 is 0 Å². The van der Waals surface area contributed by atoms with Gasteiger partial charge in [0.15, 0.2) is 0 Å². The van der Waals surface area contributed by atoms with E-state index in [1.165, 1.54) is 19.3 Å². The second-order valence-corrected chi connectivity index (χ2v) is 8.77. The lowest BCUT2D eigenvalue weighted by Crippen LogP contribution is -2.48. The van der Waals surface area contributed by atoms with Crippen molar-refractivity contribution in [3.05, 3.63) is 29.3 Å². The lowest BCUT2D eigenvalue weighted by atomic mass is 9.99. The molecule has 1 atom stereocenters. The van der Waals surface area contributed by atoms with E-state index in [4.69, 9.17) is 0 Å². The van der Waals surface area contributed by atoms with Crippen LogP contribution in [0.2, 0.25) is 0 Å². The van der Waals surface area contributed by atoms with Crippen molar-refractivity contribution in [1.29, 1.82) is 0 Å². The Morgan fingerprint density at radius 3 is 2.30 bits per heavy atom. The van der Waals surface area contributed by atoms with Crippen LogP contribution >= 0.6 is 0 Å². The molecule has 1 unspecified atom stereocenters. The summed E-state index contributed by atoms with van der Waals surface area (Å²) in [7, 11) is -3.44. The Labute approximate surface area is 141 Å². The van der Waals surface area contributed by atoms with Gasteiger partial charge >= 0.3 is 0 Å². The topological polar surface area (TPSA) is 49.4 Å². The maximum atomic E-state index is 12.6. The van der Waals surface area contributed by atoms with Gasteiger partial charge in [0.1, 0.15) is 0 Å². The van der Waals surface area contributed by atoms with Crippen LogP contribution in [0.5, 0.6) is 0 Å². The summed E-state index contributed by atoms with van der Waals surface area (Å²) in [6.07, 6.45) is 3.72. The van der Waals surface area contributed by atoms with E-state index in [1.54, 1.807) is 12.1 Å². The zero-order chi connectivity index (χ0) is 17.0. The summed E-state index contributed by atoms with van der Waals surface area (Å²) in [6.45, 7) is 10.9. The van der Waals surface area contributed by atoms with Crippen LogP contribution < -0.4 is 4.72 Å². The van der Waals surface area contributed by atoms with Crippen LogP contribution in [-0.4, -0.2) is 39.0 Å². The van der Waals surface area contributed by atoms with Crippen LogP contribution in [-0.2, 0) is 10.0 Å². The minimum Gasteiger partial charge on any atom is -0.299 e. The van der Waals surface area contributed by atoms with Gasteiger partial charge in [0.2, 0.25) is 10.0 Å². The average Bonchev–Trinajstić information content (AvgIpc) is 2.50. The molecule has 1 fully saturated rings.